The molecule has 0 saturated heterocycles. The minimum atomic E-state index is -1.32. The molecule has 9 heteroatoms. The first kappa shape index (κ1) is 24.6. The van der Waals surface area contributed by atoms with E-state index in [1.165, 1.54) is 17.7 Å². The fourth-order valence-electron chi connectivity index (χ4n) is 4.69. The molecule has 2 aliphatic rings. The molecule has 3 heterocycles. The van der Waals surface area contributed by atoms with Gasteiger partial charge in [0.2, 0.25) is 11.5 Å². The molecule has 2 amide bonds. The van der Waals surface area contributed by atoms with Crippen LogP contribution in [0.4, 0.5) is 4.39 Å². The van der Waals surface area contributed by atoms with E-state index >= 15 is 0 Å². The van der Waals surface area contributed by atoms with Gasteiger partial charge in [0.25, 0.3) is 11.5 Å². The molecule has 0 bridgehead atoms. The molecule has 1 unspecified atom stereocenters. The van der Waals surface area contributed by atoms with E-state index < -0.39 is 11.8 Å². The standard InChI is InChI=1S/C26H31FN4O4/c1-5-30(6-2)25(34)26(3)15-31-22-20(12-17(24(31)33)13-21(32)28-4)29-14-18(23(22)35-26)11-16-7-9-19(27)10-8-16/h7-9,12,14,19H,5-6,10-11,13,15H2,1-4H3,(H,28,32)/t19?,26-/m1/s1. The Labute approximate surface area is 203 Å². The number of pyridine rings is 2. The predicted molar refractivity (Wildman–Crippen MR) is 131 cm³/mol. The fourth-order valence-corrected chi connectivity index (χ4v) is 4.69. The summed E-state index contributed by atoms with van der Waals surface area (Å²) >= 11 is 0. The molecule has 8 nitrogen and oxygen atoms in total. The van der Waals surface area contributed by atoms with Crippen LogP contribution in [0.25, 0.3) is 11.0 Å². The van der Waals surface area contributed by atoms with Crippen molar-refractivity contribution in [3.05, 3.63) is 57.5 Å². The SMILES string of the molecule is CCN(CC)C(=O)[C@@]1(C)Cn2c(=O)c(CC(=O)NC)cc3ncc(CC4=CCC(F)C=C4)c(c32)O1. The Bertz CT molecular complexity index is 1290. The van der Waals surface area contributed by atoms with Gasteiger partial charge in [-0.3, -0.25) is 23.9 Å². The second-order valence-corrected chi connectivity index (χ2v) is 9.13. The smallest absolute Gasteiger partial charge is 0.268 e. The van der Waals surface area contributed by atoms with Crippen LogP contribution in [-0.2, 0) is 29.0 Å². The van der Waals surface area contributed by atoms with Gasteiger partial charge in [-0.05, 0) is 32.4 Å². The number of hydrogen-bond donors (Lipinski definition) is 1. The first-order valence-corrected chi connectivity index (χ1v) is 11.9. The number of ether oxygens (including phenoxy) is 1. The Morgan fingerprint density at radius 3 is 2.69 bits per heavy atom. The molecular formula is C26H31FN4O4. The zero-order valence-electron chi connectivity index (χ0n) is 20.6. The quantitative estimate of drug-likeness (QED) is 0.655. The molecule has 0 aromatic carbocycles. The monoisotopic (exact) mass is 482 g/mol. The summed E-state index contributed by atoms with van der Waals surface area (Å²) in [6.45, 7) is 6.50. The summed E-state index contributed by atoms with van der Waals surface area (Å²) in [7, 11) is 1.51. The van der Waals surface area contributed by atoms with Crippen molar-refractivity contribution in [2.75, 3.05) is 20.1 Å². The van der Waals surface area contributed by atoms with Crippen LogP contribution in [0.5, 0.6) is 5.75 Å². The highest BCUT2D eigenvalue weighted by Crippen LogP contribution is 2.38. The molecule has 1 aliphatic heterocycles. The maximum atomic E-state index is 13.6. The van der Waals surface area contributed by atoms with Crippen molar-refractivity contribution in [3.8, 4) is 5.75 Å². The first-order chi connectivity index (χ1) is 16.7. The van der Waals surface area contributed by atoms with Gasteiger partial charge in [-0.15, -0.1) is 0 Å². The molecule has 0 radical (unpaired) electrons. The number of allylic oxidation sites excluding steroid dienone is 4. The summed E-state index contributed by atoms with van der Waals surface area (Å²) in [5.41, 5.74) is 1.26. The molecule has 1 aliphatic carbocycles. The second kappa shape index (κ2) is 9.64. The molecule has 186 valence electrons. The molecule has 2 aromatic heterocycles. The van der Waals surface area contributed by atoms with Gasteiger partial charge in [-0.2, -0.15) is 0 Å². The number of rotatable bonds is 7. The van der Waals surface area contributed by atoms with Gasteiger partial charge in [0.05, 0.1) is 18.5 Å². The number of halogens is 1. The van der Waals surface area contributed by atoms with Crippen molar-refractivity contribution < 1.29 is 18.7 Å². The molecule has 2 aromatic rings. The van der Waals surface area contributed by atoms with Crippen molar-refractivity contribution in [3.63, 3.8) is 0 Å². The lowest BCUT2D eigenvalue weighted by Crippen LogP contribution is -2.56. The summed E-state index contributed by atoms with van der Waals surface area (Å²) in [5.74, 6) is -0.0865. The molecule has 1 N–H and O–H groups in total. The van der Waals surface area contributed by atoms with Crippen LogP contribution in [0.2, 0.25) is 0 Å². The summed E-state index contributed by atoms with van der Waals surface area (Å²) in [4.78, 5) is 45.3. The van der Waals surface area contributed by atoms with Gasteiger partial charge < -0.3 is 15.0 Å². The van der Waals surface area contributed by atoms with E-state index in [0.29, 0.717) is 53.8 Å². The third-order valence-corrected chi connectivity index (χ3v) is 6.65. The lowest BCUT2D eigenvalue weighted by atomic mass is 9.96. The number of hydrogen-bond acceptors (Lipinski definition) is 5. The van der Waals surface area contributed by atoms with Crippen molar-refractivity contribution >= 4 is 22.8 Å². The van der Waals surface area contributed by atoms with Crippen LogP contribution in [0.15, 0.2) is 40.9 Å². The van der Waals surface area contributed by atoms with Crippen molar-refractivity contribution in [2.24, 2.45) is 0 Å². The summed E-state index contributed by atoms with van der Waals surface area (Å²) in [6, 6.07) is 1.61. The number of aromatic nitrogens is 2. The van der Waals surface area contributed by atoms with Gasteiger partial charge in [0.15, 0.2) is 5.75 Å². The van der Waals surface area contributed by atoms with Crippen LogP contribution in [0.3, 0.4) is 0 Å². The fraction of sp³-hybridized carbons (Fsp3) is 0.462. The average molecular weight is 483 g/mol. The molecule has 0 fully saturated rings. The van der Waals surface area contributed by atoms with E-state index in [9.17, 15) is 18.8 Å². The number of amides is 2. The molecule has 4 rings (SSSR count). The largest absolute Gasteiger partial charge is 0.473 e. The number of nitrogens with one attached hydrogen (secondary N) is 1. The Hall–Kier alpha value is -3.49. The Balaban J connectivity index is 1.88. The van der Waals surface area contributed by atoms with Crippen LogP contribution in [0.1, 0.15) is 38.3 Å². The number of carbonyl (C=O) groups is 2. The van der Waals surface area contributed by atoms with Gasteiger partial charge >= 0.3 is 0 Å². The number of nitrogens with zero attached hydrogens (tertiary/aromatic N) is 3. The summed E-state index contributed by atoms with van der Waals surface area (Å²) in [6.07, 6.45) is 6.40. The number of carbonyl (C=O) groups excluding carboxylic acids is 2. The van der Waals surface area contributed by atoms with Crippen LogP contribution in [-0.4, -0.2) is 58.2 Å². The lowest BCUT2D eigenvalue weighted by Gasteiger charge is -2.39. The maximum absolute atomic E-state index is 13.6. The van der Waals surface area contributed by atoms with E-state index in [-0.39, 0.29) is 30.3 Å². The minimum Gasteiger partial charge on any atom is -0.473 e. The topological polar surface area (TPSA) is 93.5 Å². The third kappa shape index (κ3) is 4.59. The Morgan fingerprint density at radius 1 is 1.31 bits per heavy atom. The first-order valence-electron chi connectivity index (χ1n) is 11.9. The number of likely N-dealkylation sites (N-methyl/N-ethyl adjacent to an activating group) is 2. The lowest BCUT2D eigenvalue weighted by molar-refractivity contribution is -0.148. The minimum absolute atomic E-state index is 0.00349. The highest BCUT2D eigenvalue weighted by atomic mass is 19.1. The van der Waals surface area contributed by atoms with Gasteiger partial charge in [0.1, 0.15) is 11.7 Å². The van der Waals surface area contributed by atoms with Crippen LogP contribution >= 0.6 is 0 Å². The maximum Gasteiger partial charge on any atom is 0.268 e. The van der Waals surface area contributed by atoms with E-state index in [0.717, 1.165) is 5.57 Å². The van der Waals surface area contributed by atoms with Crippen molar-refractivity contribution in [1.82, 2.24) is 19.8 Å². The summed E-state index contributed by atoms with van der Waals surface area (Å²) < 4.78 is 21.5. The predicted octanol–water partition coefficient (Wildman–Crippen LogP) is 2.47. The highest BCUT2D eigenvalue weighted by molar-refractivity contribution is 5.90. The van der Waals surface area contributed by atoms with Crippen LogP contribution in [0, 0.1) is 0 Å². The summed E-state index contributed by atoms with van der Waals surface area (Å²) in [5, 5.41) is 2.54. The highest BCUT2D eigenvalue weighted by Gasteiger charge is 2.43. The third-order valence-electron chi connectivity index (χ3n) is 6.65. The Kier molecular flexibility index (Phi) is 6.78. The molecule has 2 atom stereocenters. The zero-order chi connectivity index (χ0) is 25.3. The van der Waals surface area contributed by atoms with E-state index in [1.807, 2.05) is 19.9 Å². The van der Waals surface area contributed by atoms with Gasteiger partial charge in [-0.25, -0.2) is 4.39 Å². The van der Waals surface area contributed by atoms with Crippen LogP contribution < -0.4 is 15.6 Å². The zero-order valence-corrected chi connectivity index (χ0v) is 20.6. The molecule has 0 saturated carbocycles. The molecular weight excluding hydrogens is 451 g/mol. The number of alkyl halides is 1. The van der Waals surface area contributed by atoms with Gasteiger partial charge in [-0.1, -0.05) is 18.2 Å². The van der Waals surface area contributed by atoms with Crippen molar-refractivity contribution in [2.45, 2.75) is 58.4 Å². The van der Waals surface area contributed by atoms with E-state index in [2.05, 4.69) is 10.3 Å². The van der Waals surface area contributed by atoms with Crippen molar-refractivity contribution in [1.29, 1.82) is 0 Å². The molecule has 0 spiro atoms. The molecule has 35 heavy (non-hydrogen) atoms. The van der Waals surface area contributed by atoms with Gasteiger partial charge in [0, 0.05) is 50.3 Å². The normalized spacial score (nSPS) is 20.8. The Morgan fingerprint density at radius 2 is 2.06 bits per heavy atom. The average Bonchev–Trinajstić information content (AvgIpc) is 2.85. The van der Waals surface area contributed by atoms with E-state index in [1.54, 1.807) is 30.2 Å². The van der Waals surface area contributed by atoms with E-state index in [4.69, 9.17) is 4.74 Å². The second-order valence-electron chi connectivity index (χ2n) is 9.13.